The van der Waals surface area contributed by atoms with Gasteiger partial charge in [-0.15, -0.1) is 0 Å². The molecule has 14 heavy (non-hydrogen) atoms. The Morgan fingerprint density at radius 3 is 2.71 bits per heavy atom. The summed E-state index contributed by atoms with van der Waals surface area (Å²) in [6, 6.07) is 0.516. The van der Waals surface area contributed by atoms with Crippen LogP contribution >= 0.6 is 0 Å². The Labute approximate surface area is 88.4 Å². The first-order valence-corrected chi connectivity index (χ1v) is 5.90. The standard InChI is InChI=1S/C12H25NO/c1-5-9-14-10-7-6-8-12(2,3)11(10)13-4/h10-11,13H,5-9H2,1-4H3. The van der Waals surface area contributed by atoms with Gasteiger partial charge in [0.1, 0.15) is 0 Å². The van der Waals surface area contributed by atoms with E-state index in [2.05, 4.69) is 33.1 Å². The lowest BCUT2D eigenvalue weighted by atomic mass is 9.72. The number of likely N-dealkylation sites (N-methyl/N-ethyl adjacent to an activating group) is 1. The highest BCUT2D eigenvalue weighted by Gasteiger charge is 2.38. The Morgan fingerprint density at radius 1 is 1.43 bits per heavy atom. The monoisotopic (exact) mass is 199 g/mol. The van der Waals surface area contributed by atoms with E-state index in [9.17, 15) is 0 Å². The van der Waals surface area contributed by atoms with Gasteiger partial charge in [0.25, 0.3) is 0 Å². The van der Waals surface area contributed by atoms with Gasteiger partial charge in [-0.1, -0.05) is 27.2 Å². The van der Waals surface area contributed by atoms with Gasteiger partial charge in [0.15, 0.2) is 0 Å². The van der Waals surface area contributed by atoms with E-state index < -0.39 is 0 Å². The highest BCUT2D eigenvalue weighted by molar-refractivity contribution is 4.93. The Balaban J connectivity index is 2.55. The Bertz CT molecular complexity index is 168. The topological polar surface area (TPSA) is 21.3 Å². The summed E-state index contributed by atoms with van der Waals surface area (Å²) < 4.78 is 5.91. The molecule has 2 heteroatoms. The quantitative estimate of drug-likeness (QED) is 0.751. The fourth-order valence-corrected chi connectivity index (χ4v) is 2.61. The van der Waals surface area contributed by atoms with Gasteiger partial charge in [-0.05, 0) is 31.7 Å². The number of hydrogen-bond acceptors (Lipinski definition) is 2. The Morgan fingerprint density at radius 2 is 2.14 bits per heavy atom. The zero-order chi connectivity index (χ0) is 10.6. The van der Waals surface area contributed by atoms with Gasteiger partial charge in [-0.2, -0.15) is 0 Å². The fourth-order valence-electron chi connectivity index (χ4n) is 2.61. The van der Waals surface area contributed by atoms with E-state index in [0.29, 0.717) is 17.6 Å². The second-order valence-corrected chi connectivity index (χ2v) is 5.06. The molecule has 0 spiro atoms. The summed E-state index contributed by atoms with van der Waals surface area (Å²) >= 11 is 0. The third-order valence-electron chi connectivity index (χ3n) is 3.37. The first-order chi connectivity index (χ1) is 6.61. The average molecular weight is 199 g/mol. The normalized spacial score (nSPS) is 31.7. The van der Waals surface area contributed by atoms with Crippen LogP contribution in [-0.2, 0) is 4.74 Å². The minimum absolute atomic E-state index is 0.380. The molecule has 0 aromatic rings. The zero-order valence-electron chi connectivity index (χ0n) is 10.1. The minimum atomic E-state index is 0.380. The number of ether oxygens (including phenoxy) is 1. The molecule has 1 aliphatic carbocycles. The molecule has 0 amide bonds. The van der Waals surface area contributed by atoms with E-state index in [1.165, 1.54) is 19.3 Å². The maximum atomic E-state index is 5.91. The number of nitrogens with one attached hydrogen (secondary N) is 1. The largest absolute Gasteiger partial charge is 0.377 e. The van der Waals surface area contributed by atoms with E-state index in [-0.39, 0.29) is 0 Å². The van der Waals surface area contributed by atoms with Gasteiger partial charge >= 0.3 is 0 Å². The Kier molecular flexibility index (Phi) is 4.39. The van der Waals surface area contributed by atoms with E-state index in [4.69, 9.17) is 4.74 Å². The summed E-state index contributed by atoms with van der Waals surface area (Å²) in [4.78, 5) is 0. The summed E-state index contributed by atoms with van der Waals surface area (Å²) in [7, 11) is 2.06. The lowest BCUT2D eigenvalue weighted by molar-refractivity contribution is -0.0345. The van der Waals surface area contributed by atoms with Crippen molar-refractivity contribution in [2.24, 2.45) is 5.41 Å². The SMILES string of the molecule is CCCOC1CCCC(C)(C)C1NC. The van der Waals surface area contributed by atoms with Crippen molar-refractivity contribution in [3.8, 4) is 0 Å². The molecule has 0 aromatic heterocycles. The van der Waals surface area contributed by atoms with Gasteiger partial charge in [0.2, 0.25) is 0 Å². The zero-order valence-corrected chi connectivity index (χ0v) is 10.1. The molecule has 0 saturated heterocycles. The molecular weight excluding hydrogens is 174 g/mol. The van der Waals surface area contributed by atoms with Crippen LogP contribution in [0.3, 0.4) is 0 Å². The van der Waals surface area contributed by atoms with Crippen molar-refractivity contribution >= 4 is 0 Å². The molecule has 0 bridgehead atoms. The molecule has 2 nitrogen and oxygen atoms in total. The van der Waals surface area contributed by atoms with E-state index in [0.717, 1.165) is 13.0 Å². The predicted molar refractivity (Wildman–Crippen MR) is 60.5 cm³/mol. The minimum Gasteiger partial charge on any atom is -0.377 e. The maximum absolute atomic E-state index is 5.91. The molecular formula is C12H25NO. The van der Waals surface area contributed by atoms with E-state index in [1.54, 1.807) is 0 Å². The number of hydrogen-bond donors (Lipinski definition) is 1. The molecule has 0 radical (unpaired) electrons. The van der Waals surface area contributed by atoms with Crippen molar-refractivity contribution in [3.05, 3.63) is 0 Å². The van der Waals surface area contributed by atoms with Crippen LogP contribution in [0.1, 0.15) is 46.5 Å². The fraction of sp³-hybridized carbons (Fsp3) is 1.00. The van der Waals surface area contributed by atoms with Crippen LogP contribution in [0.15, 0.2) is 0 Å². The lowest BCUT2D eigenvalue weighted by Gasteiger charge is -2.43. The molecule has 0 aliphatic heterocycles. The van der Waals surface area contributed by atoms with Crippen molar-refractivity contribution in [2.75, 3.05) is 13.7 Å². The van der Waals surface area contributed by atoms with Crippen LogP contribution in [0, 0.1) is 5.41 Å². The lowest BCUT2D eigenvalue weighted by Crippen LogP contribution is -2.52. The van der Waals surface area contributed by atoms with E-state index in [1.807, 2.05) is 0 Å². The summed E-state index contributed by atoms with van der Waals surface area (Å²) in [6.45, 7) is 7.76. The molecule has 2 unspecified atom stereocenters. The first kappa shape index (κ1) is 12.0. The van der Waals surface area contributed by atoms with Gasteiger partial charge in [-0.25, -0.2) is 0 Å². The highest BCUT2D eigenvalue weighted by atomic mass is 16.5. The maximum Gasteiger partial charge on any atom is 0.0733 e. The van der Waals surface area contributed by atoms with Crippen molar-refractivity contribution < 1.29 is 4.74 Å². The van der Waals surface area contributed by atoms with E-state index >= 15 is 0 Å². The third-order valence-corrected chi connectivity index (χ3v) is 3.37. The van der Waals surface area contributed by atoms with Crippen LogP contribution in [-0.4, -0.2) is 25.8 Å². The summed E-state index contributed by atoms with van der Waals surface area (Å²) in [5.41, 5.74) is 0.380. The summed E-state index contributed by atoms with van der Waals surface area (Å²) in [6.07, 6.45) is 5.37. The summed E-state index contributed by atoms with van der Waals surface area (Å²) in [5.74, 6) is 0. The molecule has 0 heterocycles. The Hall–Kier alpha value is -0.0800. The molecule has 0 aromatic carbocycles. The van der Waals surface area contributed by atoms with Gasteiger partial charge < -0.3 is 10.1 Å². The summed E-state index contributed by atoms with van der Waals surface area (Å²) in [5, 5.41) is 3.43. The molecule has 84 valence electrons. The molecule has 1 rings (SSSR count). The van der Waals surface area contributed by atoms with Crippen molar-refractivity contribution in [1.82, 2.24) is 5.32 Å². The third kappa shape index (κ3) is 2.71. The highest BCUT2D eigenvalue weighted by Crippen LogP contribution is 2.36. The second kappa shape index (κ2) is 5.13. The smallest absolute Gasteiger partial charge is 0.0733 e. The van der Waals surface area contributed by atoms with Gasteiger partial charge in [-0.3, -0.25) is 0 Å². The average Bonchev–Trinajstić information content (AvgIpc) is 2.13. The molecule has 2 atom stereocenters. The molecule has 1 aliphatic rings. The second-order valence-electron chi connectivity index (χ2n) is 5.06. The molecule has 1 fully saturated rings. The molecule has 1 saturated carbocycles. The van der Waals surface area contributed by atoms with Crippen LogP contribution in [0.4, 0.5) is 0 Å². The van der Waals surface area contributed by atoms with Gasteiger partial charge in [0, 0.05) is 12.6 Å². The van der Waals surface area contributed by atoms with Crippen molar-refractivity contribution in [2.45, 2.75) is 58.6 Å². The van der Waals surface area contributed by atoms with Crippen LogP contribution in [0.2, 0.25) is 0 Å². The van der Waals surface area contributed by atoms with Crippen LogP contribution < -0.4 is 5.32 Å². The van der Waals surface area contributed by atoms with Crippen LogP contribution in [0.25, 0.3) is 0 Å². The number of rotatable bonds is 4. The predicted octanol–water partition coefficient (Wildman–Crippen LogP) is 2.58. The first-order valence-electron chi connectivity index (χ1n) is 5.90. The van der Waals surface area contributed by atoms with Crippen molar-refractivity contribution in [3.63, 3.8) is 0 Å². The van der Waals surface area contributed by atoms with Crippen LogP contribution in [0.5, 0.6) is 0 Å². The van der Waals surface area contributed by atoms with Crippen molar-refractivity contribution in [1.29, 1.82) is 0 Å². The molecule has 1 N–H and O–H groups in total. The van der Waals surface area contributed by atoms with Gasteiger partial charge in [0.05, 0.1) is 6.10 Å².